The summed E-state index contributed by atoms with van der Waals surface area (Å²) in [5, 5.41) is 0. The largest absolute Gasteiger partial charge is 0.494 e. The summed E-state index contributed by atoms with van der Waals surface area (Å²) in [4.78, 5) is 0. The van der Waals surface area contributed by atoms with Gasteiger partial charge in [0.15, 0.2) is 9.84 Å². The van der Waals surface area contributed by atoms with Crippen molar-refractivity contribution in [2.45, 2.75) is 25.8 Å². The van der Waals surface area contributed by atoms with Gasteiger partial charge in [0, 0.05) is 6.04 Å². The highest BCUT2D eigenvalue weighted by Crippen LogP contribution is 2.30. The fraction of sp³-hybridized carbons (Fsp3) is 0.571. The Hall–Kier alpha value is -1.07. The molecule has 2 rings (SSSR count). The van der Waals surface area contributed by atoms with Gasteiger partial charge in [0.2, 0.25) is 0 Å². The lowest BCUT2D eigenvalue weighted by atomic mass is 9.93. The number of rotatable bonds is 5. The van der Waals surface area contributed by atoms with Crippen molar-refractivity contribution >= 4 is 9.84 Å². The number of benzene rings is 1. The molecular formula is C14H21NO3S. The predicted molar refractivity (Wildman–Crippen MR) is 75.9 cm³/mol. The molecule has 0 amide bonds. The van der Waals surface area contributed by atoms with E-state index in [0.29, 0.717) is 13.0 Å². The van der Waals surface area contributed by atoms with Crippen molar-refractivity contribution in [3.8, 4) is 5.75 Å². The third-order valence-corrected chi connectivity index (χ3v) is 5.31. The van der Waals surface area contributed by atoms with E-state index in [9.17, 15) is 8.42 Å². The fourth-order valence-electron chi connectivity index (χ4n) is 2.39. The quantitative estimate of drug-likeness (QED) is 0.896. The lowest BCUT2D eigenvalue weighted by Crippen LogP contribution is -2.22. The van der Waals surface area contributed by atoms with Crippen LogP contribution in [0.15, 0.2) is 24.3 Å². The van der Waals surface area contributed by atoms with Gasteiger partial charge in [-0.3, -0.25) is 0 Å². The van der Waals surface area contributed by atoms with Gasteiger partial charge in [0.05, 0.1) is 18.1 Å². The molecule has 2 atom stereocenters. The van der Waals surface area contributed by atoms with Gasteiger partial charge in [-0.05, 0) is 36.5 Å². The molecule has 1 aliphatic heterocycles. The minimum atomic E-state index is -2.87. The number of nitrogens with two attached hydrogens (primary N) is 1. The van der Waals surface area contributed by atoms with E-state index in [1.54, 1.807) is 0 Å². The highest BCUT2D eigenvalue weighted by atomic mass is 32.2. The second-order valence-corrected chi connectivity index (χ2v) is 7.34. The summed E-state index contributed by atoms with van der Waals surface area (Å²) in [6.07, 6.45) is 1.64. The van der Waals surface area contributed by atoms with E-state index in [-0.39, 0.29) is 23.5 Å². The van der Waals surface area contributed by atoms with Crippen molar-refractivity contribution in [2.24, 2.45) is 11.7 Å². The van der Waals surface area contributed by atoms with Crippen LogP contribution >= 0.6 is 0 Å². The smallest absolute Gasteiger partial charge is 0.150 e. The molecule has 1 saturated heterocycles. The Morgan fingerprint density at radius 1 is 1.37 bits per heavy atom. The highest BCUT2D eigenvalue weighted by molar-refractivity contribution is 7.91. The summed E-state index contributed by atoms with van der Waals surface area (Å²) in [5.41, 5.74) is 7.14. The number of sulfone groups is 1. The Bertz CT molecular complexity index is 510. The lowest BCUT2D eigenvalue weighted by molar-refractivity contribution is 0.317. The zero-order valence-corrected chi connectivity index (χ0v) is 12.0. The SMILES string of the molecule is CCCOc1ccc(C(N)C2CCS(=O)(=O)C2)cc1. The summed E-state index contributed by atoms with van der Waals surface area (Å²) < 4.78 is 28.5. The molecule has 1 fully saturated rings. The van der Waals surface area contributed by atoms with E-state index in [4.69, 9.17) is 10.5 Å². The minimum absolute atomic E-state index is 0.0346. The van der Waals surface area contributed by atoms with Crippen molar-refractivity contribution in [1.82, 2.24) is 0 Å². The van der Waals surface area contributed by atoms with Crippen LogP contribution in [0.4, 0.5) is 0 Å². The van der Waals surface area contributed by atoms with Crippen LogP contribution in [0.1, 0.15) is 31.4 Å². The van der Waals surface area contributed by atoms with E-state index in [1.165, 1.54) is 0 Å². The molecule has 1 heterocycles. The van der Waals surface area contributed by atoms with Crippen LogP contribution in [0.5, 0.6) is 5.75 Å². The van der Waals surface area contributed by atoms with Crippen molar-refractivity contribution < 1.29 is 13.2 Å². The first-order chi connectivity index (χ1) is 9.02. The topological polar surface area (TPSA) is 69.4 Å². The molecule has 4 nitrogen and oxygen atoms in total. The average Bonchev–Trinajstić information content (AvgIpc) is 2.76. The fourth-order valence-corrected chi connectivity index (χ4v) is 4.24. The molecule has 1 aromatic rings. The van der Waals surface area contributed by atoms with E-state index in [0.717, 1.165) is 17.7 Å². The number of hydrogen-bond acceptors (Lipinski definition) is 4. The molecular weight excluding hydrogens is 262 g/mol. The van der Waals surface area contributed by atoms with E-state index in [1.807, 2.05) is 24.3 Å². The lowest BCUT2D eigenvalue weighted by Gasteiger charge is -2.18. The number of ether oxygens (including phenoxy) is 1. The first-order valence-corrected chi connectivity index (χ1v) is 8.53. The first kappa shape index (κ1) is 14.3. The van der Waals surface area contributed by atoms with Crippen molar-refractivity contribution in [3.05, 3.63) is 29.8 Å². The predicted octanol–water partition coefficient (Wildman–Crippen LogP) is 1.91. The summed E-state index contributed by atoms with van der Waals surface area (Å²) in [6, 6.07) is 7.45. The molecule has 1 aromatic carbocycles. The maximum atomic E-state index is 11.5. The molecule has 0 radical (unpaired) electrons. The zero-order chi connectivity index (χ0) is 13.9. The maximum absolute atomic E-state index is 11.5. The molecule has 106 valence electrons. The Kier molecular flexibility index (Phi) is 4.47. The van der Waals surface area contributed by atoms with E-state index >= 15 is 0 Å². The Labute approximate surface area is 114 Å². The monoisotopic (exact) mass is 283 g/mol. The maximum Gasteiger partial charge on any atom is 0.150 e. The van der Waals surface area contributed by atoms with Crippen LogP contribution in [0.3, 0.4) is 0 Å². The molecule has 0 saturated carbocycles. The third kappa shape index (κ3) is 3.70. The summed E-state index contributed by atoms with van der Waals surface area (Å²) in [7, 11) is -2.87. The molecule has 0 aromatic heterocycles. The molecule has 5 heteroatoms. The van der Waals surface area contributed by atoms with E-state index < -0.39 is 9.84 Å². The van der Waals surface area contributed by atoms with Gasteiger partial charge in [-0.2, -0.15) is 0 Å². The highest BCUT2D eigenvalue weighted by Gasteiger charge is 2.32. The van der Waals surface area contributed by atoms with Gasteiger partial charge in [-0.1, -0.05) is 19.1 Å². The Morgan fingerprint density at radius 3 is 2.58 bits per heavy atom. The average molecular weight is 283 g/mol. The molecule has 0 aliphatic carbocycles. The van der Waals surface area contributed by atoms with Crippen LogP contribution in [0.25, 0.3) is 0 Å². The van der Waals surface area contributed by atoms with E-state index in [2.05, 4.69) is 6.92 Å². The third-order valence-electron chi connectivity index (χ3n) is 3.51. The van der Waals surface area contributed by atoms with Gasteiger partial charge in [-0.15, -0.1) is 0 Å². The van der Waals surface area contributed by atoms with Crippen LogP contribution in [-0.4, -0.2) is 26.5 Å². The van der Waals surface area contributed by atoms with Crippen LogP contribution in [0.2, 0.25) is 0 Å². The molecule has 1 aliphatic rings. The van der Waals surface area contributed by atoms with Gasteiger partial charge >= 0.3 is 0 Å². The van der Waals surface area contributed by atoms with Crippen LogP contribution < -0.4 is 10.5 Å². The summed E-state index contributed by atoms with van der Waals surface area (Å²) >= 11 is 0. The molecule has 0 spiro atoms. The zero-order valence-electron chi connectivity index (χ0n) is 11.2. The molecule has 2 N–H and O–H groups in total. The van der Waals surface area contributed by atoms with Crippen molar-refractivity contribution in [3.63, 3.8) is 0 Å². The van der Waals surface area contributed by atoms with Crippen molar-refractivity contribution in [2.75, 3.05) is 18.1 Å². The molecule has 2 unspecified atom stereocenters. The van der Waals surface area contributed by atoms with Crippen LogP contribution in [0, 0.1) is 5.92 Å². The first-order valence-electron chi connectivity index (χ1n) is 6.70. The Morgan fingerprint density at radius 2 is 2.05 bits per heavy atom. The second kappa shape index (κ2) is 5.92. The summed E-state index contributed by atoms with van der Waals surface area (Å²) in [5.74, 6) is 1.34. The minimum Gasteiger partial charge on any atom is -0.494 e. The Balaban J connectivity index is 2.01. The molecule has 0 bridgehead atoms. The number of hydrogen-bond donors (Lipinski definition) is 1. The van der Waals surface area contributed by atoms with Gasteiger partial charge < -0.3 is 10.5 Å². The molecule has 19 heavy (non-hydrogen) atoms. The van der Waals surface area contributed by atoms with Gasteiger partial charge in [0.1, 0.15) is 5.75 Å². The standard InChI is InChI=1S/C14H21NO3S/c1-2-8-18-13-5-3-11(4-6-13)14(15)12-7-9-19(16,17)10-12/h3-6,12,14H,2,7-10,15H2,1H3. The normalized spacial score (nSPS) is 23.2. The van der Waals surface area contributed by atoms with Gasteiger partial charge in [0.25, 0.3) is 0 Å². The summed E-state index contributed by atoms with van der Waals surface area (Å²) in [6.45, 7) is 2.76. The van der Waals surface area contributed by atoms with Gasteiger partial charge in [-0.25, -0.2) is 8.42 Å². The van der Waals surface area contributed by atoms with Crippen LogP contribution in [-0.2, 0) is 9.84 Å². The second-order valence-electron chi connectivity index (χ2n) is 5.11. The van der Waals surface area contributed by atoms with Crippen molar-refractivity contribution in [1.29, 1.82) is 0 Å².